The molecule has 2 aliphatic carbocycles. The number of oxime groups is 1. The molecule has 756 valence electrons. The Morgan fingerprint density at radius 3 is 1.32 bits per heavy atom. The van der Waals surface area contributed by atoms with Crippen molar-refractivity contribution in [3.63, 3.8) is 0 Å². The molecular formula is C122H123F6N11O8. The highest BCUT2D eigenvalue weighted by Crippen LogP contribution is 2.45. The molecule has 17 aromatic rings. The summed E-state index contributed by atoms with van der Waals surface area (Å²) in [6.07, 6.45) is 23.5. The zero-order chi connectivity index (χ0) is 103. The van der Waals surface area contributed by atoms with Gasteiger partial charge in [0, 0.05) is 166 Å². The Morgan fingerprint density at radius 2 is 0.850 bits per heavy atom. The van der Waals surface area contributed by atoms with E-state index in [1.165, 1.54) is 55.8 Å². The van der Waals surface area contributed by atoms with Gasteiger partial charge in [0.2, 0.25) is 11.8 Å². The lowest BCUT2D eigenvalue weighted by atomic mass is 9.93. The average molecular weight is 1990 g/mol. The number of rotatable bonds is 37. The molecule has 2 fully saturated rings. The molecule has 0 saturated heterocycles. The number of Topliss-reactive ketones (excluding diaryl/α,β-unsaturated/α-hetero) is 5. The number of fused-ring (bicyclic) bond motifs is 4. The molecule has 9 aromatic heterocycles. The first-order chi connectivity index (χ1) is 71.1. The van der Waals surface area contributed by atoms with Crippen LogP contribution in [0.3, 0.4) is 0 Å². The van der Waals surface area contributed by atoms with E-state index in [1.807, 2.05) is 166 Å². The summed E-state index contributed by atoms with van der Waals surface area (Å²) in [5.74, 6) is -2.53. The summed E-state index contributed by atoms with van der Waals surface area (Å²) in [4.78, 5) is 90.6. The number of ether oxygens (including phenoxy) is 1. The van der Waals surface area contributed by atoms with Gasteiger partial charge < -0.3 is 32.3 Å². The zero-order valence-corrected chi connectivity index (χ0v) is 84.8. The van der Waals surface area contributed by atoms with Crippen molar-refractivity contribution >= 4 is 78.7 Å². The van der Waals surface area contributed by atoms with Crippen LogP contribution >= 0.6 is 0 Å². The van der Waals surface area contributed by atoms with Gasteiger partial charge in [-0.1, -0.05) is 177 Å². The van der Waals surface area contributed by atoms with Crippen molar-refractivity contribution in [3.05, 3.63) is 397 Å². The third-order valence-electron chi connectivity index (χ3n) is 27.4. The van der Waals surface area contributed by atoms with Crippen molar-refractivity contribution in [1.29, 1.82) is 0 Å². The van der Waals surface area contributed by atoms with Crippen molar-refractivity contribution in [3.8, 4) is 17.2 Å². The molecule has 0 spiro atoms. The van der Waals surface area contributed by atoms with Gasteiger partial charge in [0.1, 0.15) is 12.9 Å². The van der Waals surface area contributed by atoms with Crippen LogP contribution in [0.4, 0.5) is 26.3 Å². The van der Waals surface area contributed by atoms with Gasteiger partial charge in [0.15, 0.2) is 63.8 Å². The van der Waals surface area contributed by atoms with Gasteiger partial charge in [-0.2, -0.15) is 0 Å². The normalized spacial score (nSPS) is 12.8. The smallest absolute Gasteiger partial charge is 0.247 e. The van der Waals surface area contributed by atoms with E-state index in [-0.39, 0.29) is 78.0 Å². The van der Waals surface area contributed by atoms with Crippen LogP contribution in [-0.2, 0) is 56.7 Å². The number of aromatic nitrogens is 10. The number of halogens is 6. The summed E-state index contributed by atoms with van der Waals surface area (Å²) in [5, 5.41) is 15.6. The molecule has 25 heteroatoms. The third-order valence-corrected chi connectivity index (χ3v) is 27.4. The molecule has 8 aromatic carbocycles. The fourth-order valence-corrected chi connectivity index (χ4v) is 20.4. The fourth-order valence-electron chi connectivity index (χ4n) is 20.4. The first-order valence-corrected chi connectivity index (χ1v) is 50.9. The van der Waals surface area contributed by atoms with E-state index in [1.54, 1.807) is 37.9 Å². The summed E-state index contributed by atoms with van der Waals surface area (Å²) >= 11 is 0. The van der Waals surface area contributed by atoms with Crippen LogP contribution in [0.2, 0.25) is 0 Å². The van der Waals surface area contributed by atoms with Crippen molar-refractivity contribution in [2.24, 2.45) is 11.1 Å². The van der Waals surface area contributed by atoms with E-state index < -0.39 is 34.9 Å². The summed E-state index contributed by atoms with van der Waals surface area (Å²) in [6, 6.07) is 66.6. The van der Waals surface area contributed by atoms with Crippen LogP contribution in [0.15, 0.2) is 265 Å². The molecule has 147 heavy (non-hydrogen) atoms. The molecule has 19 nitrogen and oxygen atoms in total. The average Bonchev–Trinajstić information content (AvgIpc) is 1.60. The molecule has 0 atom stereocenters. The second-order valence-electron chi connectivity index (χ2n) is 39.4. The van der Waals surface area contributed by atoms with Gasteiger partial charge in [-0.25, -0.2) is 26.3 Å². The highest BCUT2D eigenvalue weighted by atomic mass is 19.2. The highest BCUT2D eigenvalue weighted by molar-refractivity contribution is 6.14. The number of hydrogen-bond acceptors (Lipinski definition) is 15. The Balaban J connectivity index is 0.000000140. The van der Waals surface area contributed by atoms with Gasteiger partial charge in [-0.3, -0.25) is 43.9 Å². The topological polar surface area (TPSA) is 226 Å². The van der Waals surface area contributed by atoms with E-state index in [9.17, 15) is 50.3 Å². The summed E-state index contributed by atoms with van der Waals surface area (Å²) in [5.41, 5.74) is 19.5. The van der Waals surface area contributed by atoms with Crippen LogP contribution < -0.4 is 4.74 Å². The van der Waals surface area contributed by atoms with Crippen LogP contribution in [-0.4, -0.2) is 96.7 Å². The standard InChI is InChI=1S/C32H34F2N2O2.C31H28F2N4O2.C31H32F2N2O2.C28H29N3O2/c1-20(2)8-14-29(37)23-11-12-25-28(18-23)36(19-24-7-5-6-16-35-24)32(21(3)4)31(25)30(38)15-10-22-9-13-26(33)27(34)17-22;1-19-35-36-31(39-19)22-11-12-24-27(17-22)37(18-23-8-4-5-15-34-23)30(21-6-2-3-7-21)29(24)28(38)14-10-20-9-13-25(32)26(33)16-20;1-20(2)31-30(29(36)15-11-21-10-14-26(32)27(33)17-21)25-13-12-24(37-23-8-3-4-9-23)18-28(25)35(31)19-22-7-5-6-16-34-22;1-20(2)28-27(26(32)14-12-21-10-7-15-29-17-21)24-13-11-23(18-30-33-3)16-25(24)31(28)19-22-8-5-4-6-9-22/h5-7,9,11-13,16-18,20-21H,8,10,14-15,19H2,1-4H3;4-5,8-9,11-13,15-17,21H,2-3,6-7,10,14,18H2,1H3;5-7,10,12-14,16-18,20,23H,3-4,8-9,11,15,19H2,1-2H3;4-11,13,15-18,20H,12,14,19H2,1-3H3/b;;;30-18+. The Hall–Kier alpha value is -15.1. The number of carbonyl (C=O) groups excluding carboxylic acids is 5. The maximum atomic E-state index is 13.9. The maximum Gasteiger partial charge on any atom is 0.247 e. The Morgan fingerprint density at radius 1 is 0.408 bits per heavy atom. The Bertz CT molecular complexity index is 7550. The lowest BCUT2D eigenvalue weighted by Crippen LogP contribution is -2.13. The van der Waals surface area contributed by atoms with E-state index in [0.717, 1.165) is 181 Å². The van der Waals surface area contributed by atoms with Gasteiger partial charge >= 0.3 is 0 Å². The van der Waals surface area contributed by atoms with Crippen molar-refractivity contribution in [1.82, 2.24) is 48.4 Å². The number of aryl methyl sites for hydroxylation is 5. The van der Waals surface area contributed by atoms with Crippen molar-refractivity contribution in [2.75, 3.05) is 7.11 Å². The lowest BCUT2D eigenvalue weighted by Gasteiger charge is -2.17. The maximum absolute atomic E-state index is 13.9. The molecule has 0 aliphatic heterocycles. The minimum Gasteiger partial charge on any atom is -0.490 e. The number of ketones is 5. The third kappa shape index (κ3) is 25.5. The van der Waals surface area contributed by atoms with Gasteiger partial charge in [0.05, 0.1) is 65.6 Å². The molecule has 0 radical (unpaired) electrons. The molecule has 2 saturated carbocycles. The highest BCUT2D eigenvalue weighted by Gasteiger charge is 2.34. The van der Waals surface area contributed by atoms with Crippen molar-refractivity contribution in [2.45, 2.75) is 234 Å². The number of carbonyl (C=O) groups is 5. The van der Waals surface area contributed by atoms with Crippen molar-refractivity contribution < 1.29 is 64.3 Å². The largest absolute Gasteiger partial charge is 0.490 e. The van der Waals surface area contributed by atoms with Crippen LogP contribution in [0.5, 0.6) is 5.75 Å². The summed E-state index contributed by atoms with van der Waals surface area (Å²) in [7, 11) is 1.53. The van der Waals surface area contributed by atoms with E-state index >= 15 is 0 Å². The monoisotopic (exact) mass is 1980 g/mol. The zero-order valence-electron chi connectivity index (χ0n) is 84.8. The van der Waals surface area contributed by atoms with E-state index in [4.69, 9.17) is 14.0 Å². The van der Waals surface area contributed by atoms with Gasteiger partial charge in [0.25, 0.3) is 0 Å². The number of hydrogen-bond donors (Lipinski definition) is 0. The summed E-state index contributed by atoms with van der Waals surface area (Å²) in [6.45, 7) is 20.7. The first-order valence-electron chi connectivity index (χ1n) is 50.9. The molecule has 0 N–H and O–H groups in total. The van der Waals surface area contributed by atoms with Gasteiger partial charge in [-0.05, 0) is 249 Å². The Labute approximate surface area is 853 Å². The minimum absolute atomic E-state index is 0.00668. The quantitative estimate of drug-likeness (QED) is 0.0153. The van der Waals surface area contributed by atoms with Gasteiger partial charge in [-0.15, -0.1) is 10.2 Å². The second-order valence-corrected chi connectivity index (χ2v) is 39.4. The minimum atomic E-state index is -0.917. The van der Waals surface area contributed by atoms with E-state index in [2.05, 4.69) is 119 Å². The summed E-state index contributed by atoms with van der Waals surface area (Å²) < 4.78 is 102. The predicted octanol–water partition coefficient (Wildman–Crippen LogP) is 28.7. The number of pyridine rings is 4. The molecule has 0 unspecified atom stereocenters. The predicted molar refractivity (Wildman–Crippen MR) is 565 cm³/mol. The second kappa shape index (κ2) is 48.7. The Kier molecular flexibility index (Phi) is 34.7. The molecule has 0 amide bonds. The lowest BCUT2D eigenvalue weighted by molar-refractivity contribution is 0.0969. The SMILES string of the molecule is CC(C)CCC(=O)c1ccc2c(C(=O)CCc3ccc(F)c(F)c3)c(C(C)C)n(Cc3ccccn3)c2c1.CC(C)c1c(C(=O)CCc2ccc(F)c(F)c2)c2ccc(OC3CCCC3)cc2n1Cc1ccccn1.CO/N=C/c1ccc2c(C(=O)CCc3cccnc3)c(C(C)C)n(Cc3ccccc3)c2c1.Cc1nnc(-c2ccc3c(C(=O)CCc4ccc(F)c(F)c4)c(C4CCCC4)n(Cc4ccccn4)c3c2)o1. The molecule has 19 rings (SSSR count). The first kappa shape index (κ1) is 105. The molecule has 9 heterocycles. The number of benzene rings is 8. The van der Waals surface area contributed by atoms with Crippen LogP contribution in [0.1, 0.15) is 300 Å². The fraction of sp³-hybridized carbons (Fsp3) is 0.311. The van der Waals surface area contributed by atoms with E-state index in [0.29, 0.717) is 121 Å². The molecule has 2 aliphatic rings. The van der Waals surface area contributed by atoms with Crippen LogP contribution in [0.25, 0.3) is 55.1 Å². The molecule has 0 bridgehead atoms. The molecular weight excluding hydrogens is 1860 g/mol. The number of nitrogens with zero attached hydrogens (tertiary/aromatic N) is 11. The van der Waals surface area contributed by atoms with Crippen LogP contribution in [0, 0.1) is 47.7 Å².